The molecule has 0 amide bonds. The van der Waals surface area contributed by atoms with E-state index in [1.165, 1.54) is 20.0 Å². The topological polar surface area (TPSA) is 61.5 Å². The van der Waals surface area contributed by atoms with E-state index < -0.39 is 11.7 Å². The van der Waals surface area contributed by atoms with E-state index in [-0.39, 0.29) is 0 Å². The summed E-state index contributed by atoms with van der Waals surface area (Å²) in [5.41, 5.74) is -0.791. The van der Waals surface area contributed by atoms with Crippen LogP contribution in [0.5, 0.6) is 0 Å². The second-order valence-electron chi connectivity index (χ2n) is 4.96. The van der Waals surface area contributed by atoms with Crippen LogP contribution in [-0.2, 0) is 6.54 Å². The summed E-state index contributed by atoms with van der Waals surface area (Å²) < 4.78 is 1.63. The number of aliphatic hydroxyl groups excluding tert-OH is 1. The van der Waals surface area contributed by atoms with Gasteiger partial charge in [-0.25, -0.2) is 0 Å². The zero-order valence-electron chi connectivity index (χ0n) is 10.7. The van der Waals surface area contributed by atoms with Crippen LogP contribution in [0, 0.1) is 0 Å². The molecule has 0 aromatic carbocycles. The van der Waals surface area contributed by atoms with Gasteiger partial charge in [0, 0.05) is 6.54 Å². The van der Waals surface area contributed by atoms with Crippen molar-refractivity contribution in [1.29, 1.82) is 0 Å². The van der Waals surface area contributed by atoms with E-state index >= 15 is 0 Å². The minimum atomic E-state index is -1.25. The summed E-state index contributed by atoms with van der Waals surface area (Å²) in [7, 11) is 3.91. The molecule has 0 spiro atoms. The van der Waals surface area contributed by atoms with E-state index in [2.05, 4.69) is 5.10 Å². The summed E-state index contributed by atoms with van der Waals surface area (Å²) in [6.45, 7) is 4.47. The van der Waals surface area contributed by atoms with Gasteiger partial charge in [0.1, 0.15) is 6.10 Å². The van der Waals surface area contributed by atoms with Gasteiger partial charge in [-0.05, 0) is 27.9 Å². The van der Waals surface area contributed by atoms with Crippen molar-refractivity contribution >= 4 is 11.6 Å². The Balaban J connectivity index is 2.94. The molecule has 0 saturated heterocycles. The molecule has 1 aromatic heterocycles. The molecule has 0 aliphatic heterocycles. The molecule has 1 rings (SSSR count). The summed E-state index contributed by atoms with van der Waals surface area (Å²) >= 11 is 5.99. The molecule has 6 heteroatoms. The number of rotatable bonds is 5. The van der Waals surface area contributed by atoms with E-state index in [4.69, 9.17) is 11.6 Å². The third kappa shape index (κ3) is 3.67. The van der Waals surface area contributed by atoms with E-state index in [1.54, 1.807) is 4.68 Å². The van der Waals surface area contributed by atoms with Crippen molar-refractivity contribution in [2.24, 2.45) is 0 Å². The molecule has 0 aliphatic rings. The molecule has 2 N–H and O–H groups in total. The second kappa shape index (κ2) is 5.35. The Morgan fingerprint density at radius 3 is 2.59 bits per heavy atom. The van der Waals surface area contributed by atoms with Crippen molar-refractivity contribution in [3.8, 4) is 0 Å². The smallest absolute Gasteiger partial charge is 0.125 e. The molecule has 1 unspecified atom stereocenters. The van der Waals surface area contributed by atoms with Crippen LogP contribution in [0.2, 0.25) is 5.02 Å². The van der Waals surface area contributed by atoms with Gasteiger partial charge < -0.3 is 15.1 Å². The number of halogens is 1. The zero-order chi connectivity index (χ0) is 13.2. The van der Waals surface area contributed by atoms with Crippen LogP contribution in [0.25, 0.3) is 0 Å². The third-order valence-corrected chi connectivity index (χ3v) is 2.81. The average molecular weight is 262 g/mol. The second-order valence-corrected chi connectivity index (χ2v) is 5.37. The lowest BCUT2D eigenvalue weighted by Crippen LogP contribution is -2.31. The number of likely N-dealkylation sites (N-methyl/N-ethyl adjacent to an activating group) is 1. The molecular formula is C11H20ClN3O2. The fourth-order valence-corrected chi connectivity index (χ4v) is 1.70. The molecule has 0 radical (unpaired) electrons. The summed E-state index contributed by atoms with van der Waals surface area (Å²) in [5, 5.41) is 24.4. The Bertz CT molecular complexity index is 371. The van der Waals surface area contributed by atoms with Crippen LogP contribution in [0.4, 0.5) is 0 Å². The SMILES string of the molecule is CN(C)CCn1ncc(Cl)c1C(O)C(C)(C)O. The monoisotopic (exact) mass is 261 g/mol. The predicted octanol–water partition coefficient (Wildman–Crippen LogP) is 0.902. The lowest BCUT2D eigenvalue weighted by Gasteiger charge is -2.25. The van der Waals surface area contributed by atoms with Crippen LogP contribution >= 0.6 is 11.6 Å². The van der Waals surface area contributed by atoms with Crippen molar-refractivity contribution < 1.29 is 10.2 Å². The molecule has 98 valence electrons. The molecule has 0 fully saturated rings. The molecule has 1 aromatic rings. The van der Waals surface area contributed by atoms with Gasteiger partial charge >= 0.3 is 0 Å². The average Bonchev–Trinajstić information content (AvgIpc) is 2.54. The number of hydrogen-bond acceptors (Lipinski definition) is 4. The maximum absolute atomic E-state index is 10.1. The molecule has 0 aliphatic carbocycles. The normalized spacial score (nSPS) is 14.4. The van der Waals surface area contributed by atoms with E-state index in [0.29, 0.717) is 17.3 Å². The first-order chi connectivity index (χ1) is 7.73. The van der Waals surface area contributed by atoms with Crippen molar-refractivity contribution in [1.82, 2.24) is 14.7 Å². The fourth-order valence-electron chi connectivity index (χ4n) is 1.45. The minimum Gasteiger partial charge on any atom is -0.387 e. The highest BCUT2D eigenvalue weighted by Crippen LogP contribution is 2.30. The highest BCUT2D eigenvalue weighted by molar-refractivity contribution is 6.31. The van der Waals surface area contributed by atoms with Gasteiger partial charge in [-0.15, -0.1) is 0 Å². The first-order valence-electron chi connectivity index (χ1n) is 5.50. The molecular weight excluding hydrogens is 242 g/mol. The Hall–Kier alpha value is -0.620. The Labute approximate surface area is 107 Å². The van der Waals surface area contributed by atoms with Crippen molar-refractivity contribution in [2.75, 3.05) is 20.6 Å². The first kappa shape index (κ1) is 14.4. The van der Waals surface area contributed by atoms with Crippen molar-refractivity contribution in [3.63, 3.8) is 0 Å². The van der Waals surface area contributed by atoms with Crippen molar-refractivity contribution in [3.05, 3.63) is 16.9 Å². The lowest BCUT2D eigenvalue weighted by atomic mass is 9.99. The first-order valence-corrected chi connectivity index (χ1v) is 5.87. The predicted molar refractivity (Wildman–Crippen MR) is 67.0 cm³/mol. The van der Waals surface area contributed by atoms with Gasteiger partial charge in [0.25, 0.3) is 0 Å². The largest absolute Gasteiger partial charge is 0.387 e. The van der Waals surface area contributed by atoms with Gasteiger partial charge in [-0.1, -0.05) is 11.6 Å². The fraction of sp³-hybridized carbons (Fsp3) is 0.727. The maximum Gasteiger partial charge on any atom is 0.125 e. The number of aliphatic hydroxyl groups is 2. The van der Waals surface area contributed by atoms with Gasteiger partial charge in [0.15, 0.2) is 0 Å². The summed E-state index contributed by atoms with van der Waals surface area (Å²) in [6.07, 6.45) is 0.432. The Morgan fingerprint density at radius 1 is 1.53 bits per heavy atom. The minimum absolute atomic E-state index is 0.374. The van der Waals surface area contributed by atoms with E-state index in [1.807, 2.05) is 19.0 Å². The standard InChI is InChI=1S/C11H20ClN3O2/c1-11(2,17)10(16)9-8(12)7-13-15(9)6-5-14(3)4/h7,10,16-17H,5-6H2,1-4H3. The molecule has 0 bridgehead atoms. The Morgan fingerprint density at radius 2 is 2.12 bits per heavy atom. The van der Waals surface area contributed by atoms with Crippen LogP contribution in [-0.4, -0.2) is 51.1 Å². The van der Waals surface area contributed by atoms with Crippen LogP contribution in [0.1, 0.15) is 25.6 Å². The maximum atomic E-state index is 10.1. The van der Waals surface area contributed by atoms with Crippen LogP contribution in [0.3, 0.4) is 0 Å². The summed E-state index contributed by atoms with van der Waals surface area (Å²) in [4.78, 5) is 2.01. The molecule has 17 heavy (non-hydrogen) atoms. The van der Waals surface area contributed by atoms with Gasteiger partial charge in [-0.2, -0.15) is 5.10 Å². The van der Waals surface area contributed by atoms with E-state index in [0.717, 1.165) is 6.54 Å². The van der Waals surface area contributed by atoms with Gasteiger partial charge in [-0.3, -0.25) is 4.68 Å². The molecule has 1 heterocycles. The quantitative estimate of drug-likeness (QED) is 0.827. The zero-order valence-corrected chi connectivity index (χ0v) is 11.4. The number of hydrogen-bond donors (Lipinski definition) is 2. The molecule has 5 nitrogen and oxygen atoms in total. The van der Waals surface area contributed by atoms with Crippen LogP contribution in [0.15, 0.2) is 6.20 Å². The van der Waals surface area contributed by atoms with E-state index in [9.17, 15) is 10.2 Å². The summed E-state index contributed by atoms with van der Waals surface area (Å²) in [5.74, 6) is 0. The highest BCUT2D eigenvalue weighted by atomic mass is 35.5. The van der Waals surface area contributed by atoms with Gasteiger partial charge in [0.05, 0.1) is 29.1 Å². The summed E-state index contributed by atoms with van der Waals surface area (Å²) in [6, 6.07) is 0. The number of aromatic nitrogens is 2. The highest BCUT2D eigenvalue weighted by Gasteiger charge is 2.31. The van der Waals surface area contributed by atoms with Crippen LogP contribution < -0.4 is 0 Å². The Kier molecular flexibility index (Phi) is 4.55. The number of nitrogens with zero attached hydrogens (tertiary/aromatic N) is 3. The third-order valence-electron chi connectivity index (χ3n) is 2.52. The van der Waals surface area contributed by atoms with Gasteiger partial charge in [0.2, 0.25) is 0 Å². The molecule has 0 saturated carbocycles. The lowest BCUT2D eigenvalue weighted by molar-refractivity contribution is -0.0538. The molecule has 1 atom stereocenters. The van der Waals surface area contributed by atoms with Crippen molar-refractivity contribution in [2.45, 2.75) is 32.1 Å².